The Balaban J connectivity index is 2.14. The van der Waals surface area contributed by atoms with Gasteiger partial charge in [0.15, 0.2) is 5.16 Å². The zero-order valence-corrected chi connectivity index (χ0v) is 12.9. The average molecular weight is 304 g/mol. The van der Waals surface area contributed by atoms with Crippen LogP contribution in [0.25, 0.3) is 0 Å². The van der Waals surface area contributed by atoms with Crippen molar-refractivity contribution < 1.29 is 9.59 Å². The highest BCUT2D eigenvalue weighted by Gasteiger charge is 2.14. The maximum Gasteiger partial charge on any atom is 0.250 e. The monoisotopic (exact) mass is 304 g/mol. The topological polar surface area (TPSA) is 76.9 Å². The second-order valence-corrected chi connectivity index (χ2v) is 5.55. The van der Waals surface area contributed by atoms with Crippen molar-refractivity contribution in [2.45, 2.75) is 31.7 Å². The number of carbonyl (C=O) groups is 2. The highest BCUT2D eigenvalue weighted by Crippen LogP contribution is 2.22. The third kappa shape index (κ3) is 4.16. The number of carbonyl (C=O) groups excluding carboxylic acids is 2. The summed E-state index contributed by atoms with van der Waals surface area (Å²) in [4.78, 5) is 26.7. The van der Waals surface area contributed by atoms with Crippen molar-refractivity contribution in [3.63, 3.8) is 0 Å². The molecule has 0 unspecified atom stereocenters. The Hall–Kier alpha value is -2.15. The van der Waals surface area contributed by atoms with Crippen LogP contribution in [0.15, 0.2) is 29.4 Å². The molecule has 2 aromatic rings. The Morgan fingerprint density at radius 2 is 1.90 bits per heavy atom. The molecule has 0 atom stereocenters. The van der Waals surface area contributed by atoms with Gasteiger partial charge >= 0.3 is 0 Å². The molecule has 0 bridgehead atoms. The van der Waals surface area contributed by atoms with E-state index in [1.165, 1.54) is 35.9 Å². The number of amides is 1. The van der Waals surface area contributed by atoms with E-state index in [4.69, 9.17) is 0 Å². The Kier molecular flexibility index (Phi) is 4.74. The Morgan fingerprint density at radius 1 is 1.24 bits per heavy atom. The number of rotatable bonds is 4. The fraction of sp³-hybridized carbons (Fsp3) is 0.286. The van der Waals surface area contributed by atoms with Gasteiger partial charge in [-0.25, -0.2) is 0 Å². The van der Waals surface area contributed by atoms with Gasteiger partial charge < -0.3 is 0 Å². The summed E-state index contributed by atoms with van der Waals surface area (Å²) in [6.45, 7) is 4.80. The summed E-state index contributed by atoms with van der Waals surface area (Å²) in [7, 11) is 0. The fourth-order valence-corrected chi connectivity index (χ4v) is 2.57. The van der Waals surface area contributed by atoms with Crippen LogP contribution in [0.1, 0.15) is 29.8 Å². The minimum atomic E-state index is -0.272. The third-order valence-electron chi connectivity index (χ3n) is 2.65. The van der Waals surface area contributed by atoms with Gasteiger partial charge in [-0.2, -0.15) is 9.67 Å². The van der Waals surface area contributed by atoms with Gasteiger partial charge in [0, 0.05) is 19.6 Å². The van der Waals surface area contributed by atoms with Crippen LogP contribution in [0.2, 0.25) is 0 Å². The summed E-state index contributed by atoms with van der Waals surface area (Å²) < 4.78 is 1.20. The first-order chi connectivity index (χ1) is 9.95. The van der Waals surface area contributed by atoms with Gasteiger partial charge in [0.05, 0.1) is 0 Å². The molecule has 0 spiro atoms. The van der Waals surface area contributed by atoms with Crippen molar-refractivity contribution in [2.75, 3.05) is 5.32 Å². The number of nitrogens with one attached hydrogen (secondary N) is 1. The number of hydrogen-bond donors (Lipinski definition) is 1. The molecular weight excluding hydrogens is 288 g/mol. The largest absolute Gasteiger partial charge is 0.293 e. The number of benzene rings is 1. The van der Waals surface area contributed by atoms with E-state index in [9.17, 15) is 9.59 Å². The minimum Gasteiger partial charge on any atom is -0.293 e. The van der Waals surface area contributed by atoms with Gasteiger partial charge in [0.25, 0.3) is 0 Å². The van der Waals surface area contributed by atoms with Crippen LogP contribution in [0.4, 0.5) is 5.95 Å². The van der Waals surface area contributed by atoms with Crippen LogP contribution >= 0.6 is 11.8 Å². The van der Waals surface area contributed by atoms with Crippen molar-refractivity contribution in [2.24, 2.45) is 0 Å². The number of thioether (sulfide) groups is 1. The molecule has 1 amide bonds. The van der Waals surface area contributed by atoms with Crippen LogP contribution in [0.5, 0.6) is 0 Å². The highest BCUT2D eigenvalue weighted by molar-refractivity contribution is 7.98. The van der Waals surface area contributed by atoms with Gasteiger partial charge in [-0.3, -0.25) is 14.9 Å². The van der Waals surface area contributed by atoms with E-state index in [1.54, 1.807) is 0 Å². The van der Waals surface area contributed by atoms with E-state index in [2.05, 4.69) is 15.4 Å². The van der Waals surface area contributed by atoms with Crippen molar-refractivity contribution in [1.29, 1.82) is 0 Å². The van der Waals surface area contributed by atoms with Crippen LogP contribution in [-0.4, -0.2) is 26.6 Å². The van der Waals surface area contributed by atoms with Crippen LogP contribution in [-0.2, 0) is 10.5 Å². The van der Waals surface area contributed by atoms with Crippen LogP contribution in [0, 0.1) is 6.92 Å². The maximum absolute atomic E-state index is 11.6. The third-order valence-corrected chi connectivity index (χ3v) is 3.65. The standard InChI is InChI=1S/C14H16N4O2S/c1-9-4-6-12(7-5-9)8-21-14-16-13(15-10(2)19)17-18(14)11(3)20/h4-7H,8H2,1-3H3,(H,15,17,19). The van der Waals surface area contributed by atoms with Crippen LogP contribution in [0.3, 0.4) is 0 Å². The second-order valence-electron chi connectivity index (χ2n) is 4.60. The number of anilines is 1. The number of aromatic nitrogens is 3. The molecular formula is C14H16N4O2S. The lowest BCUT2D eigenvalue weighted by Gasteiger charge is -2.02. The van der Waals surface area contributed by atoms with E-state index in [0.717, 1.165) is 5.56 Å². The molecule has 1 heterocycles. The van der Waals surface area contributed by atoms with E-state index in [0.29, 0.717) is 10.9 Å². The predicted octanol–water partition coefficient (Wildman–Crippen LogP) is 2.50. The first-order valence-electron chi connectivity index (χ1n) is 6.39. The van der Waals surface area contributed by atoms with E-state index in [1.807, 2.05) is 31.2 Å². The molecule has 0 aliphatic heterocycles. The summed E-state index contributed by atoms with van der Waals surface area (Å²) >= 11 is 1.40. The van der Waals surface area contributed by atoms with E-state index < -0.39 is 0 Å². The molecule has 0 saturated heterocycles. The van der Waals surface area contributed by atoms with Crippen LogP contribution < -0.4 is 5.32 Å². The smallest absolute Gasteiger partial charge is 0.250 e. The predicted molar refractivity (Wildman–Crippen MR) is 81.4 cm³/mol. The van der Waals surface area contributed by atoms with Gasteiger partial charge in [0.1, 0.15) is 0 Å². The SMILES string of the molecule is CC(=O)Nc1nc(SCc2ccc(C)cc2)n(C(C)=O)n1. The average Bonchev–Trinajstić information content (AvgIpc) is 2.80. The zero-order valence-electron chi connectivity index (χ0n) is 12.1. The van der Waals surface area contributed by atoms with Crippen molar-refractivity contribution in [3.05, 3.63) is 35.4 Å². The summed E-state index contributed by atoms with van der Waals surface area (Å²) in [5, 5.41) is 6.92. The molecule has 2 rings (SSSR count). The van der Waals surface area contributed by atoms with Gasteiger partial charge in [0.2, 0.25) is 17.8 Å². The number of hydrogen-bond acceptors (Lipinski definition) is 5. The molecule has 6 nitrogen and oxygen atoms in total. The molecule has 110 valence electrons. The first-order valence-corrected chi connectivity index (χ1v) is 7.38. The zero-order chi connectivity index (χ0) is 15.4. The molecule has 0 fully saturated rings. The lowest BCUT2D eigenvalue weighted by molar-refractivity contribution is -0.114. The van der Waals surface area contributed by atoms with Crippen molar-refractivity contribution in [3.8, 4) is 0 Å². The molecule has 7 heteroatoms. The second kappa shape index (κ2) is 6.53. The molecule has 1 aromatic carbocycles. The summed E-state index contributed by atoms with van der Waals surface area (Å²) in [6, 6.07) is 8.14. The maximum atomic E-state index is 11.6. The molecule has 0 radical (unpaired) electrons. The number of aryl methyl sites for hydroxylation is 1. The van der Waals surface area contributed by atoms with E-state index >= 15 is 0 Å². The normalized spacial score (nSPS) is 10.4. The molecule has 21 heavy (non-hydrogen) atoms. The summed E-state index contributed by atoms with van der Waals surface area (Å²) in [5.41, 5.74) is 2.33. The number of nitrogens with zero attached hydrogens (tertiary/aromatic N) is 3. The van der Waals surface area contributed by atoms with Crippen molar-refractivity contribution >= 4 is 29.5 Å². The quantitative estimate of drug-likeness (QED) is 0.878. The molecule has 1 aromatic heterocycles. The van der Waals surface area contributed by atoms with Crippen molar-refractivity contribution in [1.82, 2.24) is 14.8 Å². The minimum absolute atomic E-state index is 0.143. The van der Waals surface area contributed by atoms with Gasteiger partial charge in [-0.15, -0.1) is 5.10 Å². The molecule has 0 aliphatic rings. The Bertz CT molecular complexity index is 664. The highest BCUT2D eigenvalue weighted by atomic mass is 32.2. The van der Waals surface area contributed by atoms with Gasteiger partial charge in [-0.1, -0.05) is 41.6 Å². The Morgan fingerprint density at radius 3 is 2.48 bits per heavy atom. The Labute approximate surface area is 127 Å². The molecule has 0 saturated carbocycles. The lowest BCUT2D eigenvalue weighted by atomic mass is 10.2. The molecule has 0 aliphatic carbocycles. The van der Waals surface area contributed by atoms with E-state index in [-0.39, 0.29) is 17.8 Å². The molecule has 1 N–H and O–H groups in total. The van der Waals surface area contributed by atoms with Gasteiger partial charge in [-0.05, 0) is 12.5 Å². The first kappa shape index (κ1) is 15.2. The summed E-state index contributed by atoms with van der Waals surface area (Å²) in [6.07, 6.45) is 0. The summed E-state index contributed by atoms with van der Waals surface area (Å²) in [5.74, 6) is 0.298. The fourth-order valence-electron chi connectivity index (χ4n) is 1.64. The lowest BCUT2D eigenvalue weighted by Crippen LogP contribution is -2.11.